The minimum atomic E-state index is -0.506. The molecule has 3 N–H and O–H groups in total. The Morgan fingerprint density at radius 1 is 1.14 bits per heavy atom. The maximum atomic E-state index is 15.1. The van der Waals surface area contributed by atoms with Crippen LogP contribution in [0.1, 0.15) is 32.4 Å². The maximum absolute atomic E-state index is 15.1. The Balaban J connectivity index is 1.35. The molecule has 0 amide bonds. The molecule has 3 aromatic heterocycles. The van der Waals surface area contributed by atoms with Crippen LogP contribution in [0.2, 0.25) is 10.0 Å². The number of nitrogens with zero attached hydrogens (tertiary/aromatic N) is 4. The molecular weight excluding hydrogens is 518 g/mol. The van der Waals surface area contributed by atoms with Gasteiger partial charge in [-0.15, -0.1) is 0 Å². The van der Waals surface area contributed by atoms with Crippen LogP contribution in [0.3, 0.4) is 0 Å². The number of hydrogen-bond donors (Lipinski definition) is 2. The van der Waals surface area contributed by atoms with E-state index in [4.69, 9.17) is 38.4 Å². The number of anilines is 1. The van der Waals surface area contributed by atoms with Crippen LogP contribution in [0, 0.1) is 5.82 Å². The highest BCUT2D eigenvalue weighted by Gasteiger charge is 2.41. The number of hydrogen-bond acceptors (Lipinski definition) is 7. The van der Waals surface area contributed by atoms with Gasteiger partial charge in [-0.3, -0.25) is 10.1 Å². The van der Waals surface area contributed by atoms with E-state index in [0.29, 0.717) is 52.3 Å². The molecule has 0 saturated carbocycles. The number of fused-ring (bicyclic) bond motifs is 1. The van der Waals surface area contributed by atoms with Crippen molar-refractivity contribution in [3.63, 3.8) is 0 Å². The Kier molecular flexibility index (Phi) is 6.97. The molecule has 1 fully saturated rings. The van der Waals surface area contributed by atoms with Crippen LogP contribution in [0.15, 0.2) is 42.9 Å². The molecule has 4 heterocycles. The highest BCUT2D eigenvalue weighted by Crippen LogP contribution is 2.36. The number of halogens is 3. The summed E-state index contributed by atoms with van der Waals surface area (Å²) in [4.78, 5) is 10.2. The van der Waals surface area contributed by atoms with Crippen molar-refractivity contribution >= 4 is 39.9 Å². The summed E-state index contributed by atoms with van der Waals surface area (Å²) in [7, 11) is 0. The predicted molar refractivity (Wildman–Crippen MR) is 143 cm³/mol. The number of nitrogens with two attached hydrogens (primary N) is 1. The van der Waals surface area contributed by atoms with E-state index in [9.17, 15) is 0 Å². The highest BCUT2D eigenvalue weighted by atomic mass is 35.5. The fraction of sp³-hybridized carbons (Fsp3) is 0.346. The van der Waals surface area contributed by atoms with Crippen molar-refractivity contribution in [2.45, 2.75) is 38.5 Å². The maximum Gasteiger partial charge on any atom is 0.166 e. The van der Waals surface area contributed by atoms with Crippen LogP contribution in [-0.2, 0) is 4.74 Å². The standard InChI is InChI=1S/C26H27Cl2FN6O2/c1-14(2)36-13-26(30)11-35(12-26)25-21(29)6-16(8-32-25)24-18-7-17(4-5-22(18)33-34-24)37-15(3)23-19(27)9-31-10-20(23)28/h4-10,14-15H,11-13,30H2,1-3H3,(H,33,34)/t15-/m1/s1. The topological polar surface area (TPSA) is 102 Å². The summed E-state index contributed by atoms with van der Waals surface area (Å²) in [6.07, 6.45) is 4.33. The molecule has 37 heavy (non-hydrogen) atoms. The van der Waals surface area contributed by atoms with Gasteiger partial charge < -0.3 is 20.1 Å². The molecule has 1 aliphatic rings. The van der Waals surface area contributed by atoms with Crippen molar-refractivity contribution in [1.82, 2.24) is 20.2 Å². The summed E-state index contributed by atoms with van der Waals surface area (Å²) < 4.78 is 26.9. The van der Waals surface area contributed by atoms with E-state index in [1.807, 2.05) is 43.9 Å². The lowest BCUT2D eigenvalue weighted by molar-refractivity contribution is 0.0307. The van der Waals surface area contributed by atoms with Crippen LogP contribution in [-0.4, -0.2) is 51.5 Å². The quantitative estimate of drug-likeness (QED) is 0.299. The lowest BCUT2D eigenvalue weighted by atomic mass is 9.92. The van der Waals surface area contributed by atoms with Crippen LogP contribution in [0.4, 0.5) is 10.2 Å². The third-order valence-corrected chi connectivity index (χ3v) is 6.86. The van der Waals surface area contributed by atoms with Gasteiger partial charge in [0.1, 0.15) is 17.5 Å². The Labute approximate surface area is 223 Å². The molecule has 0 unspecified atom stereocenters. The average Bonchev–Trinajstić information content (AvgIpc) is 3.24. The number of ether oxygens (including phenoxy) is 2. The number of H-pyrrole nitrogens is 1. The fourth-order valence-electron chi connectivity index (χ4n) is 4.44. The molecule has 8 nitrogen and oxygen atoms in total. The number of pyridine rings is 2. The highest BCUT2D eigenvalue weighted by molar-refractivity contribution is 6.35. The SMILES string of the molecule is CC(C)OCC1(N)CN(c2ncc(-c3n[nH]c4ccc(O[C@H](C)c5c(Cl)cncc5Cl)cc34)cc2F)C1. The average molecular weight is 545 g/mol. The predicted octanol–water partition coefficient (Wildman–Crippen LogP) is 5.55. The molecule has 4 aromatic rings. The summed E-state index contributed by atoms with van der Waals surface area (Å²) in [6, 6.07) is 6.94. The second kappa shape index (κ2) is 10.1. The lowest BCUT2D eigenvalue weighted by Gasteiger charge is -2.48. The van der Waals surface area contributed by atoms with E-state index in [1.165, 1.54) is 18.5 Å². The molecule has 5 rings (SSSR count). The smallest absolute Gasteiger partial charge is 0.166 e. The minimum Gasteiger partial charge on any atom is -0.486 e. The first-order chi connectivity index (χ1) is 17.6. The van der Waals surface area contributed by atoms with Crippen LogP contribution < -0.4 is 15.4 Å². The van der Waals surface area contributed by atoms with E-state index < -0.39 is 17.5 Å². The zero-order valence-electron chi connectivity index (χ0n) is 20.6. The number of aromatic nitrogens is 4. The van der Waals surface area contributed by atoms with Crippen molar-refractivity contribution in [1.29, 1.82) is 0 Å². The van der Waals surface area contributed by atoms with Crippen molar-refractivity contribution in [2.24, 2.45) is 5.73 Å². The third kappa shape index (κ3) is 5.22. The molecule has 1 aliphatic heterocycles. The molecule has 0 radical (unpaired) electrons. The number of aromatic amines is 1. The van der Waals surface area contributed by atoms with Crippen molar-refractivity contribution in [3.8, 4) is 17.0 Å². The molecule has 1 atom stereocenters. The van der Waals surface area contributed by atoms with Gasteiger partial charge in [0, 0.05) is 48.2 Å². The first-order valence-corrected chi connectivity index (χ1v) is 12.6. The van der Waals surface area contributed by atoms with Gasteiger partial charge in [-0.25, -0.2) is 9.37 Å². The zero-order valence-corrected chi connectivity index (χ0v) is 22.1. The Morgan fingerprint density at radius 2 is 1.86 bits per heavy atom. The van der Waals surface area contributed by atoms with Crippen LogP contribution in [0.25, 0.3) is 22.2 Å². The van der Waals surface area contributed by atoms with Gasteiger partial charge in [0.2, 0.25) is 0 Å². The number of rotatable bonds is 8. The van der Waals surface area contributed by atoms with Gasteiger partial charge in [0.15, 0.2) is 11.6 Å². The van der Waals surface area contributed by atoms with Crippen molar-refractivity contribution in [3.05, 3.63) is 64.3 Å². The van der Waals surface area contributed by atoms with E-state index in [2.05, 4.69) is 20.2 Å². The Hall–Kier alpha value is -2.98. The second-order valence-corrected chi connectivity index (χ2v) is 10.5. The molecule has 0 bridgehead atoms. The summed E-state index contributed by atoms with van der Waals surface area (Å²) in [5, 5.41) is 8.99. The first-order valence-electron chi connectivity index (χ1n) is 11.9. The fourth-order valence-corrected chi connectivity index (χ4v) is 5.11. The lowest BCUT2D eigenvalue weighted by Crippen LogP contribution is -2.70. The van der Waals surface area contributed by atoms with Gasteiger partial charge in [-0.05, 0) is 45.0 Å². The second-order valence-electron chi connectivity index (χ2n) is 9.66. The van der Waals surface area contributed by atoms with E-state index >= 15 is 4.39 Å². The van der Waals surface area contributed by atoms with Gasteiger partial charge >= 0.3 is 0 Å². The molecule has 0 spiro atoms. The van der Waals surface area contributed by atoms with Gasteiger partial charge in [-0.2, -0.15) is 5.10 Å². The summed E-state index contributed by atoms with van der Waals surface area (Å²) in [5.74, 6) is 0.404. The van der Waals surface area contributed by atoms with Crippen LogP contribution >= 0.6 is 23.2 Å². The monoisotopic (exact) mass is 544 g/mol. The van der Waals surface area contributed by atoms with Crippen LogP contribution in [0.5, 0.6) is 5.75 Å². The molecule has 1 aromatic carbocycles. The number of nitrogens with one attached hydrogen (secondary N) is 1. The van der Waals surface area contributed by atoms with Crippen molar-refractivity contribution < 1.29 is 13.9 Å². The molecule has 0 aliphatic carbocycles. The van der Waals surface area contributed by atoms with Gasteiger partial charge in [0.25, 0.3) is 0 Å². The summed E-state index contributed by atoms with van der Waals surface area (Å²) in [6.45, 7) is 7.13. The normalized spacial score (nSPS) is 15.7. The van der Waals surface area contributed by atoms with E-state index in [0.717, 1.165) is 10.9 Å². The number of benzene rings is 1. The Bertz CT molecular complexity index is 1420. The van der Waals surface area contributed by atoms with E-state index in [1.54, 1.807) is 6.20 Å². The van der Waals surface area contributed by atoms with E-state index in [-0.39, 0.29) is 11.9 Å². The zero-order chi connectivity index (χ0) is 26.3. The Morgan fingerprint density at radius 3 is 2.54 bits per heavy atom. The molecule has 194 valence electrons. The third-order valence-electron chi connectivity index (χ3n) is 6.25. The first kappa shape index (κ1) is 25.7. The molecule has 11 heteroatoms. The minimum absolute atomic E-state index is 0.0904. The van der Waals surface area contributed by atoms with Crippen molar-refractivity contribution in [2.75, 3.05) is 24.6 Å². The summed E-state index contributed by atoms with van der Waals surface area (Å²) in [5.41, 5.74) is 8.37. The molecule has 1 saturated heterocycles. The van der Waals surface area contributed by atoms with Gasteiger partial charge in [-0.1, -0.05) is 23.2 Å². The largest absolute Gasteiger partial charge is 0.486 e. The summed E-state index contributed by atoms with van der Waals surface area (Å²) >= 11 is 12.6. The van der Waals surface area contributed by atoms with Gasteiger partial charge in [0.05, 0.1) is 33.8 Å². The molecular formula is C26H27Cl2FN6O2.